The average Bonchev–Trinajstić information content (AvgIpc) is 2.26. The Kier molecular flexibility index (Phi) is 5.56. The van der Waals surface area contributed by atoms with Crippen molar-refractivity contribution in [1.82, 2.24) is 15.1 Å². The lowest BCUT2D eigenvalue weighted by Crippen LogP contribution is -2.54. The molecule has 5 heteroatoms. The number of carbonyl (C=O) groups is 1. The van der Waals surface area contributed by atoms with E-state index in [4.69, 9.17) is 5.73 Å². The van der Waals surface area contributed by atoms with Crippen LogP contribution in [0.15, 0.2) is 0 Å². The lowest BCUT2D eigenvalue weighted by atomic mass is 10.1. The predicted molar refractivity (Wildman–Crippen MR) is 74.4 cm³/mol. The van der Waals surface area contributed by atoms with E-state index < -0.39 is 0 Å². The van der Waals surface area contributed by atoms with Crippen molar-refractivity contribution in [1.29, 1.82) is 0 Å². The Morgan fingerprint density at radius 1 is 1.28 bits per heavy atom. The van der Waals surface area contributed by atoms with Gasteiger partial charge in [0.25, 0.3) is 0 Å². The molecule has 5 nitrogen and oxygen atoms in total. The molecule has 1 unspecified atom stereocenters. The van der Waals surface area contributed by atoms with Gasteiger partial charge in [0, 0.05) is 44.3 Å². The number of nitrogens with two attached hydrogens (primary N) is 1. The number of rotatable bonds is 4. The summed E-state index contributed by atoms with van der Waals surface area (Å²) in [7, 11) is 0. The van der Waals surface area contributed by atoms with E-state index >= 15 is 0 Å². The highest BCUT2D eigenvalue weighted by Gasteiger charge is 2.22. The van der Waals surface area contributed by atoms with E-state index in [0.29, 0.717) is 19.1 Å². The summed E-state index contributed by atoms with van der Waals surface area (Å²) >= 11 is 0. The molecule has 0 spiro atoms. The number of hydrogen-bond acceptors (Lipinski definition) is 4. The largest absolute Gasteiger partial charge is 0.350 e. The number of nitrogens with zero attached hydrogens (tertiary/aromatic N) is 2. The molecule has 0 bridgehead atoms. The van der Waals surface area contributed by atoms with Crippen LogP contribution in [0.3, 0.4) is 0 Å². The average molecular weight is 256 g/mol. The van der Waals surface area contributed by atoms with E-state index in [0.717, 1.165) is 26.2 Å². The van der Waals surface area contributed by atoms with E-state index in [-0.39, 0.29) is 11.4 Å². The van der Waals surface area contributed by atoms with Crippen LogP contribution in [0.1, 0.15) is 27.7 Å². The zero-order chi connectivity index (χ0) is 13.8. The van der Waals surface area contributed by atoms with E-state index in [1.807, 2.05) is 20.8 Å². The Balaban J connectivity index is 2.29. The summed E-state index contributed by atoms with van der Waals surface area (Å²) in [4.78, 5) is 16.4. The fourth-order valence-electron chi connectivity index (χ4n) is 2.17. The molecule has 1 amide bonds. The van der Waals surface area contributed by atoms with Gasteiger partial charge < -0.3 is 11.1 Å². The number of hydrogen-bond donors (Lipinski definition) is 2. The van der Waals surface area contributed by atoms with Gasteiger partial charge in [0.15, 0.2) is 0 Å². The zero-order valence-corrected chi connectivity index (χ0v) is 12.2. The Labute approximate surface area is 111 Å². The molecular weight excluding hydrogens is 228 g/mol. The van der Waals surface area contributed by atoms with E-state index in [2.05, 4.69) is 22.0 Å². The summed E-state index contributed by atoms with van der Waals surface area (Å²) in [5.74, 6) is 0.114. The van der Waals surface area contributed by atoms with Crippen molar-refractivity contribution in [3.8, 4) is 0 Å². The molecule has 18 heavy (non-hydrogen) atoms. The minimum absolute atomic E-state index is 0.114. The number of carbonyl (C=O) groups excluding carboxylic acids is 1. The van der Waals surface area contributed by atoms with E-state index in [1.165, 1.54) is 0 Å². The molecule has 1 fully saturated rings. The van der Waals surface area contributed by atoms with Gasteiger partial charge in [-0.25, -0.2) is 0 Å². The molecule has 1 aliphatic heterocycles. The van der Waals surface area contributed by atoms with Crippen molar-refractivity contribution in [2.45, 2.75) is 39.3 Å². The monoisotopic (exact) mass is 256 g/mol. The molecule has 0 aromatic heterocycles. The van der Waals surface area contributed by atoms with Crippen LogP contribution in [-0.2, 0) is 4.79 Å². The van der Waals surface area contributed by atoms with Crippen molar-refractivity contribution >= 4 is 5.91 Å². The number of piperazine rings is 1. The molecule has 1 saturated heterocycles. The van der Waals surface area contributed by atoms with Gasteiger partial charge in [-0.1, -0.05) is 0 Å². The molecule has 1 heterocycles. The first-order valence-electron chi connectivity index (χ1n) is 6.79. The van der Waals surface area contributed by atoms with Crippen molar-refractivity contribution in [2.75, 3.05) is 39.3 Å². The van der Waals surface area contributed by atoms with Crippen LogP contribution in [0.5, 0.6) is 0 Å². The first-order valence-corrected chi connectivity index (χ1v) is 6.79. The molecule has 106 valence electrons. The summed E-state index contributed by atoms with van der Waals surface area (Å²) in [6.45, 7) is 13.3. The second kappa shape index (κ2) is 6.50. The van der Waals surface area contributed by atoms with Crippen molar-refractivity contribution in [2.24, 2.45) is 5.73 Å². The molecule has 1 rings (SSSR count). The number of amides is 1. The van der Waals surface area contributed by atoms with Crippen molar-refractivity contribution in [3.63, 3.8) is 0 Å². The maximum absolute atomic E-state index is 11.8. The summed E-state index contributed by atoms with van der Waals surface area (Å²) in [5, 5.41) is 3.00. The highest BCUT2D eigenvalue weighted by atomic mass is 16.2. The Bertz CT molecular complexity index is 267. The zero-order valence-electron chi connectivity index (χ0n) is 12.2. The molecule has 0 aliphatic carbocycles. The number of nitrogens with one attached hydrogen (secondary N) is 1. The standard InChI is InChI=1S/C13H28N4O/c1-11(9-14)17-7-5-16(6-8-17)10-12(18)15-13(2,3)4/h11H,5-10,14H2,1-4H3,(H,15,18). The molecule has 1 aliphatic rings. The normalized spacial score (nSPS) is 20.7. The summed E-state index contributed by atoms with van der Waals surface area (Å²) in [5.41, 5.74) is 5.52. The molecule has 0 radical (unpaired) electrons. The minimum atomic E-state index is -0.146. The highest BCUT2D eigenvalue weighted by molar-refractivity contribution is 5.78. The molecule has 1 atom stereocenters. The van der Waals surface area contributed by atoms with Gasteiger partial charge in [0.2, 0.25) is 5.91 Å². The molecule has 0 aromatic rings. The Hall–Kier alpha value is -0.650. The summed E-state index contributed by atoms with van der Waals surface area (Å²) in [6.07, 6.45) is 0. The van der Waals surface area contributed by atoms with E-state index in [1.54, 1.807) is 0 Å². The minimum Gasteiger partial charge on any atom is -0.350 e. The lowest BCUT2D eigenvalue weighted by Gasteiger charge is -2.37. The third-order valence-electron chi connectivity index (χ3n) is 3.25. The van der Waals surface area contributed by atoms with Gasteiger partial charge in [-0.05, 0) is 27.7 Å². The lowest BCUT2D eigenvalue weighted by molar-refractivity contribution is -0.124. The second-order valence-electron chi connectivity index (χ2n) is 6.20. The van der Waals surface area contributed by atoms with E-state index in [9.17, 15) is 4.79 Å². The van der Waals surface area contributed by atoms with Crippen LogP contribution >= 0.6 is 0 Å². The van der Waals surface area contributed by atoms with Gasteiger partial charge in [-0.3, -0.25) is 14.6 Å². The van der Waals surface area contributed by atoms with Crippen LogP contribution in [0.2, 0.25) is 0 Å². The molecule has 3 N–H and O–H groups in total. The van der Waals surface area contributed by atoms with Crippen LogP contribution in [0.25, 0.3) is 0 Å². The maximum Gasteiger partial charge on any atom is 0.234 e. The SMILES string of the molecule is CC(CN)N1CCN(CC(=O)NC(C)(C)C)CC1. The fourth-order valence-corrected chi connectivity index (χ4v) is 2.17. The topological polar surface area (TPSA) is 61.6 Å². The van der Waals surface area contributed by atoms with Crippen molar-refractivity contribution in [3.05, 3.63) is 0 Å². The van der Waals surface area contributed by atoms with Crippen LogP contribution in [0, 0.1) is 0 Å². The smallest absolute Gasteiger partial charge is 0.234 e. The third kappa shape index (κ3) is 5.33. The third-order valence-corrected chi connectivity index (χ3v) is 3.25. The molecule has 0 aromatic carbocycles. The summed E-state index contributed by atoms with van der Waals surface area (Å²) in [6, 6.07) is 0.440. The Morgan fingerprint density at radius 3 is 2.28 bits per heavy atom. The summed E-state index contributed by atoms with van der Waals surface area (Å²) < 4.78 is 0. The quantitative estimate of drug-likeness (QED) is 0.735. The second-order valence-corrected chi connectivity index (χ2v) is 6.20. The van der Waals surface area contributed by atoms with Crippen molar-refractivity contribution < 1.29 is 4.79 Å². The maximum atomic E-state index is 11.8. The molecule has 0 saturated carbocycles. The van der Waals surface area contributed by atoms with Crippen LogP contribution in [-0.4, -0.2) is 66.6 Å². The highest BCUT2D eigenvalue weighted by Crippen LogP contribution is 2.06. The van der Waals surface area contributed by atoms with Gasteiger partial charge in [-0.2, -0.15) is 0 Å². The van der Waals surface area contributed by atoms with Gasteiger partial charge in [-0.15, -0.1) is 0 Å². The molecular formula is C13H28N4O. The van der Waals surface area contributed by atoms with Gasteiger partial charge in [0.05, 0.1) is 6.54 Å². The first-order chi connectivity index (χ1) is 8.31. The van der Waals surface area contributed by atoms with Crippen LogP contribution < -0.4 is 11.1 Å². The Morgan fingerprint density at radius 2 is 1.83 bits per heavy atom. The van der Waals surface area contributed by atoms with Gasteiger partial charge in [0.1, 0.15) is 0 Å². The first kappa shape index (κ1) is 15.4. The van der Waals surface area contributed by atoms with Crippen LogP contribution in [0.4, 0.5) is 0 Å². The fraction of sp³-hybridized carbons (Fsp3) is 0.923. The van der Waals surface area contributed by atoms with Gasteiger partial charge >= 0.3 is 0 Å². The predicted octanol–water partition coefficient (Wildman–Crippen LogP) is -0.134.